The van der Waals surface area contributed by atoms with Gasteiger partial charge in [-0.1, -0.05) is 18.2 Å². The smallest absolute Gasteiger partial charge is 0.255 e. The zero-order chi connectivity index (χ0) is 19.8. The normalized spacial score (nSPS) is 19.8. The van der Waals surface area contributed by atoms with Gasteiger partial charge in [0, 0.05) is 29.6 Å². The maximum atomic E-state index is 13.8. The van der Waals surface area contributed by atoms with E-state index in [0.717, 1.165) is 65.8 Å². The molecule has 2 bridgehead atoms. The Kier molecular flexibility index (Phi) is 7.42. The molecule has 1 N–H and O–H groups in total. The van der Waals surface area contributed by atoms with Crippen molar-refractivity contribution in [3.05, 3.63) is 60.2 Å². The van der Waals surface area contributed by atoms with Crippen molar-refractivity contribution in [3.8, 4) is 17.0 Å². The van der Waals surface area contributed by atoms with E-state index < -0.39 is 0 Å². The lowest BCUT2D eigenvalue weighted by Gasteiger charge is -2.28. The van der Waals surface area contributed by atoms with Gasteiger partial charge in [0.05, 0.1) is 23.9 Å². The predicted molar refractivity (Wildman–Crippen MR) is 129 cm³/mol. The van der Waals surface area contributed by atoms with Gasteiger partial charge in [-0.05, 0) is 62.2 Å². The fourth-order valence-electron chi connectivity index (χ4n) is 4.72. The molecule has 2 atom stereocenters. The highest BCUT2D eigenvalue weighted by Crippen LogP contribution is 2.33. The molecule has 164 valence electrons. The first-order valence-electron chi connectivity index (χ1n) is 10.3. The number of carbonyl (C=O) groups excluding carboxylic acids is 1. The lowest BCUT2D eigenvalue weighted by molar-refractivity contribution is 0.0682. The molecule has 7 heteroatoms. The highest BCUT2D eigenvalue weighted by atomic mass is 35.5. The van der Waals surface area contributed by atoms with Crippen molar-refractivity contribution >= 4 is 41.6 Å². The third kappa shape index (κ3) is 4.36. The summed E-state index contributed by atoms with van der Waals surface area (Å²) in [4.78, 5) is 20.7. The predicted octanol–water partition coefficient (Wildman–Crippen LogP) is 4.72. The second-order valence-corrected chi connectivity index (χ2v) is 7.89. The van der Waals surface area contributed by atoms with Crippen molar-refractivity contribution in [1.82, 2.24) is 15.2 Å². The van der Waals surface area contributed by atoms with Gasteiger partial charge in [0.15, 0.2) is 0 Å². The zero-order valence-electron chi connectivity index (χ0n) is 17.4. The van der Waals surface area contributed by atoms with Gasteiger partial charge >= 0.3 is 0 Å². The summed E-state index contributed by atoms with van der Waals surface area (Å²) < 4.78 is 5.27. The molecule has 2 aliphatic rings. The first-order chi connectivity index (χ1) is 14.2. The number of hydrogen-bond acceptors (Lipinski definition) is 4. The maximum Gasteiger partial charge on any atom is 0.255 e. The maximum absolute atomic E-state index is 13.8. The molecular weight excluding hydrogens is 433 g/mol. The van der Waals surface area contributed by atoms with Crippen LogP contribution in [0.3, 0.4) is 0 Å². The number of nitrogens with one attached hydrogen (secondary N) is 1. The van der Waals surface area contributed by atoms with Gasteiger partial charge in [-0.3, -0.25) is 4.79 Å². The number of halogens is 2. The van der Waals surface area contributed by atoms with Crippen LogP contribution in [-0.4, -0.2) is 48.1 Å². The molecular formula is C24H27Cl2N3O2. The lowest BCUT2D eigenvalue weighted by atomic mass is 10.0. The topological polar surface area (TPSA) is 54.5 Å². The fourth-order valence-corrected chi connectivity index (χ4v) is 4.72. The van der Waals surface area contributed by atoms with Gasteiger partial charge in [0.2, 0.25) is 0 Å². The molecule has 0 spiro atoms. The Bertz CT molecular complexity index is 1040. The fraction of sp³-hybridized carbons (Fsp3) is 0.333. The van der Waals surface area contributed by atoms with Crippen molar-refractivity contribution in [2.45, 2.75) is 31.3 Å². The third-order valence-corrected chi connectivity index (χ3v) is 6.22. The molecule has 1 aromatic heterocycles. The Balaban J connectivity index is 0.00000136. The molecule has 5 rings (SSSR count). The van der Waals surface area contributed by atoms with E-state index >= 15 is 0 Å². The molecule has 3 aromatic rings. The molecule has 2 aromatic carbocycles. The molecule has 5 nitrogen and oxygen atoms in total. The summed E-state index contributed by atoms with van der Waals surface area (Å²) >= 11 is 0. The molecule has 3 heterocycles. The van der Waals surface area contributed by atoms with Crippen molar-refractivity contribution in [1.29, 1.82) is 0 Å². The molecule has 0 saturated carbocycles. The van der Waals surface area contributed by atoms with Gasteiger partial charge in [-0.25, -0.2) is 4.98 Å². The van der Waals surface area contributed by atoms with E-state index in [1.807, 2.05) is 54.6 Å². The number of ether oxygens (including phenoxy) is 1. The summed E-state index contributed by atoms with van der Waals surface area (Å²) in [6.45, 7) is 1.87. The largest absolute Gasteiger partial charge is 0.497 e. The Morgan fingerprint density at radius 2 is 1.77 bits per heavy atom. The van der Waals surface area contributed by atoms with Crippen LogP contribution in [-0.2, 0) is 0 Å². The molecule has 2 saturated heterocycles. The van der Waals surface area contributed by atoms with Gasteiger partial charge in [0.25, 0.3) is 5.91 Å². The standard InChI is InChI=1S/C24H25N3O2.2ClH/c1-29-19-10-6-16(7-11-19)23-14-21(20-4-2-3-5-22(20)26-23)24(28)27-17-8-9-18(27)15-25-13-12-17;;/h2-7,10-11,14,17-18,25H,8-9,12-13,15H2,1H3;2*1H. The summed E-state index contributed by atoms with van der Waals surface area (Å²) in [5.74, 6) is 0.939. The Hall–Kier alpha value is -2.34. The van der Waals surface area contributed by atoms with Crippen LogP contribution in [0.4, 0.5) is 0 Å². The van der Waals surface area contributed by atoms with Gasteiger partial charge in [-0.2, -0.15) is 0 Å². The number of fused-ring (bicyclic) bond motifs is 3. The second kappa shape index (κ2) is 9.86. The molecule has 2 fully saturated rings. The summed E-state index contributed by atoms with van der Waals surface area (Å²) in [7, 11) is 1.66. The average molecular weight is 460 g/mol. The highest BCUT2D eigenvalue weighted by molar-refractivity contribution is 6.07. The Morgan fingerprint density at radius 3 is 2.55 bits per heavy atom. The van der Waals surface area contributed by atoms with Gasteiger partial charge in [-0.15, -0.1) is 24.8 Å². The second-order valence-electron chi connectivity index (χ2n) is 7.89. The number of nitrogens with zero attached hydrogens (tertiary/aromatic N) is 2. The molecule has 0 radical (unpaired) electrons. The first kappa shape index (κ1) is 23.3. The first-order valence-corrected chi connectivity index (χ1v) is 10.3. The Labute approximate surface area is 195 Å². The van der Waals surface area contributed by atoms with Gasteiger partial charge < -0.3 is 15.0 Å². The monoisotopic (exact) mass is 459 g/mol. The number of benzene rings is 2. The summed E-state index contributed by atoms with van der Waals surface area (Å²) in [5, 5.41) is 4.40. The molecule has 1 amide bonds. The van der Waals surface area contributed by atoms with E-state index in [2.05, 4.69) is 10.2 Å². The van der Waals surface area contributed by atoms with Crippen LogP contribution in [0.5, 0.6) is 5.75 Å². The SMILES string of the molecule is COc1ccc(-c2cc(C(=O)N3C4CCNCC3CC4)c3ccccc3n2)cc1.Cl.Cl. The van der Waals surface area contributed by atoms with E-state index in [9.17, 15) is 4.79 Å². The summed E-state index contributed by atoms with van der Waals surface area (Å²) in [6, 6.07) is 18.3. The van der Waals surface area contributed by atoms with Gasteiger partial charge in [0.1, 0.15) is 5.75 Å². The van der Waals surface area contributed by atoms with E-state index in [1.165, 1.54) is 0 Å². The van der Waals surface area contributed by atoms with Crippen LogP contribution in [0.15, 0.2) is 54.6 Å². The zero-order valence-corrected chi connectivity index (χ0v) is 19.0. The van der Waals surface area contributed by atoms with Crippen LogP contribution in [0, 0.1) is 0 Å². The van der Waals surface area contributed by atoms with Crippen LogP contribution in [0.2, 0.25) is 0 Å². The third-order valence-electron chi connectivity index (χ3n) is 6.22. The number of rotatable bonds is 3. The van der Waals surface area contributed by atoms with E-state index in [4.69, 9.17) is 9.72 Å². The number of aromatic nitrogens is 1. The van der Waals surface area contributed by atoms with Crippen LogP contribution < -0.4 is 10.1 Å². The minimum absolute atomic E-state index is 0. The van der Waals surface area contributed by atoms with Crippen molar-refractivity contribution in [2.75, 3.05) is 20.2 Å². The Morgan fingerprint density at radius 1 is 1.03 bits per heavy atom. The minimum atomic E-state index is 0. The summed E-state index contributed by atoms with van der Waals surface area (Å²) in [5.41, 5.74) is 3.39. The number of hydrogen-bond donors (Lipinski definition) is 1. The molecule has 2 aliphatic heterocycles. The summed E-state index contributed by atoms with van der Waals surface area (Å²) in [6.07, 6.45) is 3.21. The van der Waals surface area contributed by atoms with Crippen LogP contribution in [0.1, 0.15) is 29.6 Å². The van der Waals surface area contributed by atoms with Crippen molar-refractivity contribution in [3.63, 3.8) is 0 Å². The quantitative estimate of drug-likeness (QED) is 0.615. The van der Waals surface area contributed by atoms with Crippen LogP contribution in [0.25, 0.3) is 22.2 Å². The van der Waals surface area contributed by atoms with Crippen molar-refractivity contribution in [2.24, 2.45) is 0 Å². The number of pyridine rings is 1. The lowest BCUT2D eigenvalue weighted by Crippen LogP contribution is -2.42. The van der Waals surface area contributed by atoms with Crippen molar-refractivity contribution < 1.29 is 9.53 Å². The number of para-hydroxylation sites is 1. The molecule has 0 aliphatic carbocycles. The average Bonchev–Trinajstić information content (AvgIpc) is 3.04. The molecule has 2 unspecified atom stereocenters. The number of amides is 1. The van der Waals surface area contributed by atoms with E-state index in [0.29, 0.717) is 6.04 Å². The van der Waals surface area contributed by atoms with Crippen LogP contribution >= 0.6 is 24.8 Å². The number of methoxy groups -OCH3 is 1. The molecule has 31 heavy (non-hydrogen) atoms. The highest BCUT2D eigenvalue weighted by Gasteiger charge is 2.38. The van der Waals surface area contributed by atoms with E-state index in [1.54, 1.807) is 7.11 Å². The number of carbonyl (C=O) groups is 1. The minimum Gasteiger partial charge on any atom is -0.497 e. The van der Waals surface area contributed by atoms with E-state index in [-0.39, 0.29) is 36.8 Å².